The Morgan fingerprint density at radius 2 is 1.91 bits per heavy atom. The molecule has 0 saturated heterocycles. The van der Waals surface area contributed by atoms with Crippen LogP contribution in [0, 0.1) is 12.7 Å². The van der Waals surface area contributed by atoms with Gasteiger partial charge in [0.05, 0.1) is 32.3 Å². The molecule has 9 nitrogen and oxygen atoms in total. The molecular weight excluding hydrogens is 453 g/mol. The number of rotatable bonds is 9. The zero-order valence-corrected chi connectivity index (χ0v) is 19.2. The molecule has 0 saturated carbocycles. The van der Waals surface area contributed by atoms with E-state index < -0.39 is 17.8 Å². The Hall–Kier alpha value is -4.47. The first-order valence-corrected chi connectivity index (χ1v) is 10.9. The van der Waals surface area contributed by atoms with Crippen LogP contribution in [0.3, 0.4) is 0 Å². The largest absolute Gasteiger partial charge is 0.481 e. The fraction of sp³-hybridized carbons (Fsp3) is 0.200. The van der Waals surface area contributed by atoms with Crippen LogP contribution in [-0.4, -0.2) is 33.9 Å². The van der Waals surface area contributed by atoms with Gasteiger partial charge in [-0.3, -0.25) is 9.59 Å². The maximum absolute atomic E-state index is 14.3. The highest BCUT2D eigenvalue weighted by Gasteiger charge is 2.24. The molecule has 2 aromatic carbocycles. The second kappa shape index (κ2) is 10.6. The Kier molecular flexibility index (Phi) is 7.20. The number of hydrogen-bond acceptors (Lipinski definition) is 6. The van der Waals surface area contributed by atoms with Gasteiger partial charge in [0, 0.05) is 12.1 Å². The molecule has 0 radical (unpaired) electrons. The summed E-state index contributed by atoms with van der Waals surface area (Å²) in [7, 11) is 1.41. The summed E-state index contributed by atoms with van der Waals surface area (Å²) in [4.78, 5) is 25.8. The van der Waals surface area contributed by atoms with E-state index in [2.05, 4.69) is 20.9 Å². The van der Waals surface area contributed by atoms with E-state index in [0.717, 1.165) is 11.1 Å². The number of carbonyl (C=O) groups is 2. The van der Waals surface area contributed by atoms with Gasteiger partial charge >= 0.3 is 0 Å². The number of amides is 2. The van der Waals surface area contributed by atoms with E-state index in [4.69, 9.17) is 9.26 Å². The summed E-state index contributed by atoms with van der Waals surface area (Å²) in [6, 6.07) is 15.9. The van der Waals surface area contributed by atoms with Crippen LogP contribution in [0.15, 0.2) is 71.4 Å². The van der Waals surface area contributed by atoms with Gasteiger partial charge in [-0.2, -0.15) is 9.78 Å². The third-order valence-electron chi connectivity index (χ3n) is 5.41. The molecule has 180 valence electrons. The molecule has 0 bridgehead atoms. The number of aromatic nitrogens is 3. The fourth-order valence-corrected chi connectivity index (χ4v) is 3.64. The highest BCUT2D eigenvalue weighted by Crippen LogP contribution is 2.24. The standard InChI is InChI=1S/C25H24FN5O4/c1-16-7-3-4-8-18(16)20(13-23(32)27-15-17-11-12-28-35-17)29-25(33)21-14-24(34-2)31(30-21)22-10-6-5-9-19(22)26/h3-12,14,20H,13,15H2,1-2H3,(H,27,32)(H,29,33)/t20-/m0/s1. The number of aryl methyl sites for hydroxylation is 1. The molecule has 1 atom stereocenters. The van der Waals surface area contributed by atoms with E-state index in [1.165, 1.54) is 36.2 Å². The van der Waals surface area contributed by atoms with Crippen LogP contribution in [-0.2, 0) is 11.3 Å². The van der Waals surface area contributed by atoms with Crippen molar-refractivity contribution in [2.45, 2.75) is 25.9 Å². The van der Waals surface area contributed by atoms with Crippen LogP contribution >= 0.6 is 0 Å². The van der Waals surface area contributed by atoms with Gasteiger partial charge in [0.25, 0.3) is 5.91 Å². The molecule has 2 aromatic heterocycles. The average molecular weight is 477 g/mol. The molecule has 0 unspecified atom stereocenters. The van der Waals surface area contributed by atoms with Crippen LogP contribution in [0.25, 0.3) is 5.69 Å². The summed E-state index contributed by atoms with van der Waals surface area (Å²) in [5.74, 6) is -0.626. The van der Waals surface area contributed by atoms with Gasteiger partial charge in [0.1, 0.15) is 11.5 Å². The molecular formula is C25H24FN5O4. The molecule has 4 aromatic rings. The van der Waals surface area contributed by atoms with Crippen LogP contribution < -0.4 is 15.4 Å². The van der Waals surface area contributed by atoms with Crippen LogP contribution in [0.1, 0.15) is 39.8 Å². The van der Waals surface area contributed by atoms with Crippen LogP contribution in [0.2, 0.25) is 0 Å². The van der Waals surface area contributed by atoms with Gasteiger partial charge in [-0.05, 0) is 30.2 Å². The molecule has 4 rings (SSSR count). The first-order chi connectivity index (χ1) is 17.0. The molecule has 0 aliphatic rings. The molecule has 10 heteroatoms. The molecule has 2 amide bonds. The Morgan fingerprint density at radius 3 is 2.63 bits per heavy atom. The molecule has 0 fully saturated rings. The molecule has 0 spiro atoms. The number of hydrogen-bond donors (Lipinski definition) is 2. The lowest BCUT2D eigenvalue weighted by atomic mass is 9.98. The summed E-state index contributed by atoms with van der Waals surface area (Å²) >= 11 is 0. The predicted octanol–water partition coefficient (Wildman–Crippen LogP) is 3.49. The Labute approximate surface area is 200 Å². The van der Waals surface area contributed by atoms with Crippen molar-refractivity contribution in [3.8, 4) is 11.6 Å². The highest BCUT2D eigenvalue weighted by atomic mass is 19.1. The van der Waals surface area contributed by atoms with Crippen molar-refractivity contribution in [2.24, 2.45) is 0 Å². The van der Waals surface area contributed by atoms with Gasteiger partial charge in [0.2, 0.25) is 11.8 Å². The summed E-state index contributed by atoms with van der Waals surface area (Å²) in [6.07, 6.45) is 1.47. The predicted molar refractivity (Wildman–Crippen MR) is 124 cm³/mol. The van der Waals surface area contributed by atoms with Crippen molar-refractivity contribution in [1.29, 1.82) is 0 Å². The topological polar surface area (TPSA) is 111 Å². The number of halogens is 1. The lowest BCUT2D eigenvalue weighted by Gasteiger charge is -2.20. The smallest absolute Gasteiger partial charge is 0.272 e. The Balaban J connectivity index is 1.56. The number of benzene rings is 2. The minimum absolute atomic E-state index is 0.0180. The fourth-order valence-electron chi connectivity index (χ4n) is 3.64. The average Bonchev–Trinajstić information content (AvgIpc) is 3.53. The van der Waals surface area contributed by atoms with Gasteiger partial charge in [-0.15, -0.1) is 0 Å². The number of nitrogens with one attached hydrogen (secondary N) is 2. The first-order valence-electron chi connectivity index (χ1n) is 10.9. The van der Waals surface area contributed by atoms with E-state index in [1.807, 2.05) is 31.2 Å². The lowest BCUT2D eigenvalue weighted by molar-refractivity contribution is -0.121. The van der Waals surface area contributed by atoms with Crippen LogP contribution in [0.4, 0.5) is 4.39 Å². The number of ether oxygens (including phenoxy) is 1. The minimum Gasteiger partial charge on any atom is -0.481 e. The van der Waals surface area contributed by atoms with E-state index in [1.54, 1.807) is 18.2 Å². The highest BCUT2D eigenvalue weighted by molar-refractivity contribution is 5.93. The second-order valence-electron chi connectivity index (χ2n) is 7.78. The van der Waals surface area contributed by atoms with E-state index in [9.17, 15) is 14.0 Å². The van der Waals surface area contributed by atoms with Crippen molar-refractivity contribution in [3.05, 3.63) is 95.3 Å². The van der Waals surface area contributed by atoms with Crippen molar-refractivity contribution < 1.29 is 23.2 Å². The summed E-state index contributed by atoms with van der Waals surface area (Å²) in [5, 5.41) is 13.5. The van der Waals surface area contributed by atoms with Crippen LogP contribution in [0.5, 0.6) is 5.88 Å². The molecule has 0 aliphatic heterocycles. The lowest BCUT2D eigenvalue weighted by Crippen LogP contribution is -2.34. The number of nitrogens with zero attached hydrogens (tertiary/aromatic N) is 3. The Bertz CT molecular complexity index is 1320. The number of carbonyl (C=O) groups excluding carboxylic acids is 2. The van der Waals surface area contributed by atoms with Crippen molar-refractivity contribution in [1.82, 2.24) is 25.6 Å². The second-order valence-corrected chi connectivity index (χ2v) is 7.78. The van der Waals surface area contributed by atoms with E-state index in [-0.39, 0.29) is 36.1 Å². The van der Waals surface area contributed by atoms with E-state index >= 15 is 0 Å². The molecule has 2 N–H and O–H groups in total. The maximum Gasteiger partial charge on any atom is 0.272 e. The van der Waals surface area contributed by atoms with Gasteiger partial charge in [0.15, 0.2) is 11.5 Å². The SMILES string of the molecule is COc1cc(C(=O)N[C@@H](CC(=O)NCc2ccno2)c2ccccc2C)nn1-c1ccccc1F. The normalized spacial score (nSPS) is 11.6. The maximum atomic E-state index is 14.3. The van der Waals surface area contributed by atoms with Crippen molar-refractivity contribution in [2.75, 3.05) is 7.11 Å². The van der Waals surface area contributed by atoms with Crippen molar-refractivity contribution in [3.63, 3.8) is 0 Å². The van der Waals surface area contributed by atoms with Gasteiger partial charge in [-0.1, -0.05) is 41.6 Å². The summed E-state index contributed by atoms with van der Waals surface area (Å²) in [5.41, 5.74) is 1.86. The summed E-state index contributed by atoms with van der Waals surface area (Å²) in [6.45, 7) is 2.08. The monoisotopic (exact) mass is 477 g/mol. The summed E-state index contributed by atoms with van der Waals surface area (Å²) < 4.78 is 25.8. The third-order valence-corrected chi connectivity index (χ3v) is 5.41. The first kappa shape index (κ1) is 23.7. The number of methoxy groups -OCH3 is 1. The number of para-hydroxylation sites is 1. The third kappa shape index (κ3) is 5.55. The minimum atomic E-state index is -0.636. The van der Waals surface area contributed by atoms with E-state index in [0.29, 0.717) is 5.76 Å². The molecule has 35 heavy (non-hydrogen) atoms. The van der Waals surface area contributed by atoms with Gasteiger partial charge < -0.3 is 19.9 Å². The Morgan fingerprint density at radius 1 is 1.14 bits per heavy atom. The zero-order valence-electron chi connectivity index (χ0n) is 19.2. The molecule has 0 aliphatic carbocycles. The van der Waals surface area contributed by atoms with Gasteiger partial charge in [-0.25, -0.2) is 4.39 Å². The zero-order chi connectivity index (χ0) is 24.8. The van der Waals surface area contributed by atoms with Crippen molar-refractivity contribution >= 4 is 11.8 Å². The quantitative estimate of drug-likeness (QED) is 0.382. The molecule has 2 heterocycles.